The lowest BCUT2D eigenvalue weighted by atomic mass is 9.96. The molecule has 0 aliphatic rings. The molecule has 0 fully saturated rings. The summed E-state index contributed by atoms with van der Waals surface area (Å²) in [5.74, 6) is 1.86. The predicted octanol–water partition coefficient (Wildman–Crippen LogP) is 6.92. The number of hydrogen-bond acceptors (Lipinski definition) is 4. The van der Waals surface area contributed by atoms with E-state index in [2.05, 4.69) is 37.9 Å². The normalized spacial score (nSPS) is 10.2. The van der Waals surface area contributed by atoms with Crippen LogP contribution in [0.25, 0.3) is 11.1 Å². The second-order valence-corrected chi connectivity index (χ2v) is 6.37. The first-order valence-corrected chi connectivity index (χ1v) is 10.0. The van der Waals surface area contributed by atoms with Gasteiger partial charge in [0.15, 0.2) is 0 Å². The third kappa shape index (κ3) is 6.70. The number of nitrogens with one attached hydrogen (secondary N) is 1. The average molecular weight is 486 g/mol. The van der Waals surface area contributed by atoms with Crippen molar-refractivity contribution >= 4 is 27.6 Å². The predicted molar refractivity (Wildman–Crippen MR) is 115 cm³/mol. The van der Waals surface area contributed by atoms with Crippen LogP contribution in [-0.2, 0) is 4.74 Å². The zero-order valence-electron chi connectivity index (χ0n) is 17.3. The summed E-state index contributed by atoms with van der Waals surface area (Å²) >= 11 is 3.41. The zero-order valence-corrected chi connectivity index (χ0v) is 18.9. The van der Waals surface area contributed by atoms with Crippen molar-refractivity contribution in [2.24, 2.45) is 0 Å². The van der Waals surface area contributed by atoms with Gasteiger partial charge >= 0.3 is 12.3 Å². The third-order valence-corrected chi connectivity index (χ3v) is 4.55. The summed E-state index contributed by atoms with van der Waals surface area (Å²) in [4.78, 5) is 12.3. The minimum Gasteiger partial charge on any atom is -0.462 e. The quantitative estimate of drug-likeness (QED) is 0.283. The molecule has 0 aliphatic heterocycles. The van der Waals surface area contributed by atoms with Crippen molar-refractivity contribution in [3.05, 3.63) is 45.9 Å². The molecule has 8 heteroatoms. The van der Waals surface area contributed by atoms with E-state index in [0.29, 0.717) is 21.3 Å². The van der Waals surface area contributed by atoms with Crippen molar-refractivity contribution in [1.82, 2.24) is 0 Å². The molecule has 0 radical (unpaired) electrons. The van der Waals surface area contributed by atoms with Gasteiger partial charge in [-0.05, 0) is 71.6 Å². The molecular weight excluding hydrogens is 463 g/mol. The van der Waals surface area contributed by atoms with Gasteiger partial charge in [0.2, 0.25) is 0 Å². The van der Waals surface area contributed by atoms with Crippen LogP contribution in [0.3, 0.4) is 0 Å². The van der Waals surface area contributed by atoms with Gasteiger partial charge in [0.1, 0.15) is 5.75 Å². The average Bonchev–Trinajstić information content (AvgIpc) is 2.69. The Balaban J connectivity index is 0.00000218. The molecule has 0 atom stereocenters. The highest BCUT2D eigenvalue weighted by atomic mass is 79.9. The molecule has 2 rings (SSSR count). The molecule has 0 saturated carbocycles. The van der Waals surface area contributed by atoms with Gasteiger partial charge in [-0.1, -0.05) is 31.9 Å². The monoisotopic (exact) mass is 485 g/mol. The zero-order chi connectivity index (χ0) is 22.9. The number of anilines is 1. The molecule has 0 amide bonds. The Morgan fingerprint density at radius 2 is 1.80 bits per heavy atom. The number of halogens is 4. The van der Waals surface area contributed by atoms with Crippen molar-refractivity contribution < 1.29 is 27.4 Å². The number of ether oxygens (including phenoxy) is 2. The highest BCUT2D eigenvalue weighted by Crippen LogP contribution is 2.38. The van der Waals surface area contributed by atoms with Crippen LogP contribution in [0, 0.1) is 18.9 Å². The van der Waals surface area contributed by atoms with Crippen LogP contribution in [0.2, 0.25) is 0 Å². The SMILES string of the molecule is CC.CC#CNc1c(C)c(-c2ccc(OC(F)(F)F)cc2)cc(C(=O)OCC)c1Br. The fraction of sp³-hybridized carbons (Fsp3) is 0.318. The van der Waals surface area contributed by atoms with Gasteiger partial charge in [0, 0.05) is 6.04 Å². The summed E-state index contributed by atoms with van der Waals surface area (Å²) in [7, 11) is 0. The Bertz CT molecular complexity index is 930. The second-order valence-electron chi connectivity index (χ2n) is 5.58. The van der Waals surface area contributed by atoms with Gasteiger partial charge < -0.3 is 14.8 Å². The van der Waals surface area contributed by atoms with Gasteiger partial charge in [0.05, 0.1) is 22.3 Å². The van der Waals surface area contributed by atoms with Crippen LogP contribution in [0.1, 0.15) is 43.6 Å². The molecule has 0 unspecified atom stereocenters. The molecule has 4 nitrogen and oxygen atoms in total. The van der Waals surface area contributed by atoms with Crippen LogP contribution >= 0.6 is 15.9 Å². The molecule has 1 N–H and O–H groups in total. The van der Waals surface area contributed by atoms with Crippen LogP contribution in [0.15, 0.2) is 34.8 Å². The Hall–Kier alpha value is -2.66. The number of hydrogen-bond donors (Lipinski definition) is 1. The number of carbonyl (C=O) groups excluding carboxylic acids is 1. The molecular formula is C22H23BrF3NO3. The molecule has 0 heterocycles. The Morgan fingerprint density at radius 3 is 2.30 bits per heavy atom. The van der Waals surface area contributed by atoms with Crippen molar-refractivity contribution in [2.75, 3.05) is 11.9 Å². The van der Waals surface area contributed by atoms with Gasteiger partial charge in [-0.25, -0.2) is 4.79 Å². The summed E-state index contributed by atoms with van der Waals surface area (Å²) in [5, 5.41) is 2.93. The maximum atomic E-state index is 12.4. The first-order chi connectivity index (χ1) is 14.2. The Labute approximate surface area is 182 Å². The first kappa shape index (κ1) is 25.4. The van der Waals surface area contributed by atoms with E-state index in [0.717, 1.165) is 5.56 Å². The molecule has 162 valence electrons. The summed E-state index contributed by atoms with van der Waals surface area (Å²) in [6.07, 6.45) is -4.76. The molecule has 0 aromatic heterocycles. The molecule has 0 aliphatic carbocycles. The van der Waals surface area contributed by atoms with E-state index in [1.807, 2.05) is 20.8 Å². The van der Waals surface area contributed by atoms with E-state index in [1.54, 1.807) is 19.9 Å². The molecule has 30 heavy (non-hydrogen) atoms. The van der Waals surface area contributed by atoms with Crippen LogP contribution in [0.5, 0.6) is 5.75 Å². The minimum absolute atomic E-state index is 0.204. The van der Waals surface area contributed by atoms with E-state index < -0.39 is 12.3 Å². The van der Waals surface area contributed by atoms with Gasteiger partial charge in [-0.2, -0.15) is 0 Å². The molecule has 0 saturated heterocycles. The van der Waals surface area contributed by atoms with E-state index in [9.17, 15) is 18.0 Å². The molecule has 0 spiro atoms. The van der Waals surface area contributed by atoms with Crippen molar-refractivity contribution in [3.63, 3.8) is 0 Å². The van der Waals surface area contributed by atoms with E-state index >= 15 is 0 Å². The second kappa shape index (κ2) is 11.5. The lowest BCUT2D eigenvalue weighted by Gasteiger charge is -2.17. The van der Waals surface area contributed by atoms with Crippen LogP contribution < -0.4 is 10.1 Å². The fourth-order valence-corrected chi connectivity index (χ4v) is 3.19. The largest absolute Gasteiger partial charge is 0.573 e. The Kier molecular flexibility index (Phi) is 9.73. The van der Waals surface area contributed by atoms with E-state index in [4.69, 9.17) is 4.74 Å². The van der Waals surface area contributed by atoms with Gasteiger partial charge in [0.25, 0.3) is 0 Å². The van der Waals surface area contributed by atoms with Crippen LogP contribution in [-0.4, -0.2) is 18.9 Å². The minimum atomic E-state index is -4.76. The maximum Gasteiger partial charge on any atom is 0.573 e. The van der Waals surface area contributed by atoms with Crippen molar-refractivity contribution in [2.45, 2.75) is 41.0 Å². The Morgan fingerprint density at radius 1 is 1.20 bits per heavy atom. The number of benzene rings is 2. The third-order valence-electron chi connectivity index (χ3n) is 3.73. The smallest absolute Gasteiger partial charge is 0.462 e. The topological polar surface area (TPSA) is 47.6 Å². The summed E-state index contributed by atoms with van der Waals surface area (Å²) in [5.41, 5.74) is 2.86. The summed E-state index contributed by atoms with van der Waals surface area (Å²) in [6, 6.07) is 9.76. The standard InChI is InChI=1S/C20H17BrF3NO3.C2H6/c1-4-10-25-18-12(3)15(11-16(17(18)21)19(26)27-5-2)13-6-8-14(9-7-13)28-20(22,23)24;1-2/h6-9,11,25H,5H2,1-3H3;1-2H3. The first-order valence-electron chi connectivity index (χ1n) is 9.22. The van der Waals surface area contributed by atoms with E-state index in [-0.39, 0.29) is 17.9 Å². The highest BCUT2D eigenvalue weighted by molar-refractivity contribution is 9.10. The lowest BCUT2D eigenvalue weighted by molar-refractivity contribution is -0.274. The van der Waals surface area contributed by atoms with Gasteiger partial charge in [-0.15, -0.1) is 13.2 Å². The number of esters is 1. The lowest BCUT2D eigenvalue weighted by Crippen LogP contribution is -2.16. The van der Waals surface area contributed by atoms with Crippen molar-refractivity contribution in [1.29, 1.82) is 0 Å². The molecule has 2 aromatic rings. The molecule has 2 aromatic carbocycles. The number of rotatable bonds is 5. The van der Waals surface area contributed by atoms with Crippen molar-refractivity contribution in [3.8, 4) is 28.8 Å². The van der Waals surface area contributed by atoms with Gasteiger partial charge in [-0.3, -0.25) is 0 Å². The van der Waals surface area contributed by atoms with Crippen LogP contribution in [0.4, 0.5) is 18.9 Å². The highest BCUT2D eigenvalue weighted by Gasteiger charge is 2.31. The molecule has 0 bridgehead atoms. The van der Waals surface area contributed by atoms with E-state index in [1.165, 1.54) is 24.3 Å². The maximum absolute atomic E-state index is 12.4. The number of alkyl halides is 3. The fourth-order valence-electron chi connectivity index (χ4n) is 2.52. The number of carbonyl (C=O) groups is 1. The summed E-state index contributed by atoms with van der Waals surface area (Å²) < 4.78 is 46.6. The summed E-state index contributed by atoms with van der Waals surface area (Å²) in [6.45, 7) is 9.37.